The van der Waals surface area contributed by atoms with Crippen LogP contribution in [0.3, 0.4) is 0 Å². The van der Waals surface area contributed by atoms with E-state index >= 15 is 0 Å². The van der Waals surface area contributed by atoms with Crippen LogP contribution < -0.4 is 10.6 Å². The van der Waals surface area contributed by atoms with Crippen LogP contribution in [0.25, 0.3) is 0 Å². The maximum Gasteiger partial charge on any atom is 0.168 e. The van der Waals surface area contributed by atoms with Gasteiger partial charge in [0.2, 0.25) is 0 Å². The molecule has 6 heteroatoms. The van der Waals surface area contributed by atoms with Crippen LogP contribution in [0.1, 0.15) is 26.2 Å². The summed E-state index contributed by atoms with van der Waals surface area (Å²) in [5, 5.41) is 6.27. The van der Waals surface area contributed by atoms with E-state index in [-0.39, 0.29) is 11.6 Å². The Morgan fingerprint density at radius 3 is 2.63 bits per heavy atom. The monoisotopic (exact) mass is 287 g/mol. The zero-order chi connectivity index (χ0) is 13.7. The first kappa shape index (κ1) is 14.4. The lowest BCUT2D eigenvalue weighted by atomic mass is 10.2. The number of hydrogen-bond acceptors (Lipinski definition) is 4. The average Bonchev–Trinajstić information content (AvgIpc) is 2.42. The van der Waals surface area contributed by atoms with Gasteiger partial charge in [0.1, 0.15) is 0 Å². The summed E-state index contributed by atoms with van der Waals surface area (Å²) in [7, 11) is 0. The number of rotatable bonds is 5. The van der Waals surface area contributed by atoms with Crippen LogP contribution in [0.4, 0.5) is 20.4 Å². The lowest BCUT2D eigenvalue weighted by Gasteiger charge is -2.22. The molecular formula is C13H19F2N3S. The minimum absolute atomic E-state index is 0.0997. The van der Waals surface area contributed by atoms with Crippen LogP contribution in [-0.2, 0) is 0 Å². The molecule has 106 valence electrons. The average molecular weight is 287 g/mol. The lowest BCUT2D eigenvalue weighted by molar-refractivity contribution is 0.577. The molecule has 0 amide bonds. The molecule has 19 heavy (non-hydrogen) atoms. The maximum atomic E-state index is 13.6. The van der Waals surface area contributed by atoms with Gasteiger partial charge in [0.25, 0.3) is 0 Å². The minimum Gasteiger partial charge on any atom is -0.368 e. The van der Waals surface area contributed by atoms with Gasteiger partial charge in [-0.05, 0) is 25.5 Å². The van der Waals surface area contributed by atoms with Crippen molar-refractivity contribution in [3.05, 3.63) is 17.7 Å². The zero-order valence-corrected chi connectivity index (χ0v) is 11.8. The van der Waals surface area contributed by atoms with Crippen molar-refractivity contribution in [1.82, 2.24) is 4.98 Å². The molecule has 0 radical (unpaired) electrons. The summed E-state index contributed by atoms with van der Waals surface area (Å²) in [6, 6.07) is 0.876. The minimum atomic E-state index is -0.656. The normalized spacial score (nSPS) is 19.2. The molecular weight excluding hydrogens is 268 g/mol. The highest BCUT2D eigenvalue weighted by Gasteiger charge is 2.16. The molecule has 2 heterocycles. The van der Waals surface area contributed by atoms with Crippen molar-refractivity contribution >= 4 is 23.4 Å². The molecule has 1 aliphatic rings. The predicted octanol–water partition coefficient (Wildman–Crippen LogP) is 3.49. The fourth-order valence-corrected chi connectivity index (χ4v) is 3.30. The van der Waals surface area contributed by atoms with E-state index < -0.39 is 11.6 Å². The predicted molar refractivity (Wildman–Crippen MR) is 76.9 cm³/mol. The molecule has 0 bridgehead atoms. The molecule has 0 saturated carbocycles. The van der Waals surface area contributed by atoms with E-state index in [4.69, 9.17) is 0 Å². The van der Waals surface area contributed by atoms with E-state index in [1.807, 2.05) is 18.7 Å². The highest BCUT2D eigenvalue weighted by Crippen LogP contribution is 2.26. The molecule has 1 aromatic heterocycles. The molecule has 0 aliphatic carbocycles. The number of pyridine rings is 1. The Morgan fingerprint density at radius 2 is 2.00 bits per heavy atom. The highest BCUT2D eigenvalue weighted by atomic mass is 32.2. The van der Waals surface area contributed by atoms with Crippen LogP contribution in [0.2, 0.25) is 0 Å². The Kier molecular flexibility index (Phi) is 5.24. The summed E-state index contributed by atoms with van der Waals surface area (Å²) in [5.41, 5.74) is 0. The van der Waals surface area contributed by atoms with Gasteiger partial charge in [-0.1, -0.05) is 6.42 Å². The summed E-state index contributed by atoms with van der Waals surface area (Å²) >= 11 is 1.90. The standard InChI is InChI=1S/C13H19F2N3S/c1-2-16-12-10(14)7-11(15)13(18-12)17-8-9-5-3-4-6-19-9/h7,9H,2-6,8H2,1H3,(H2,16,17,18). The summed E-state index contributed by atoms with van der Waals surface area (Å²) in [5.74, 6) is 0.0945. The van der Waals surface area contributed by atoms with Crippen LogP contribution in [0.5, 0.6) is 0 Å². The summed E-state index contributed by atoms with van der Waals surface area (Å²) < 4.78 is 27.0. The van der Waals surface area contributed by atoms with Gasteiger partial charge in [-0.3, -0.25) is 0 Å². The van der Waals surface area contributed by atoms with Crippen molar-refractivity contribution in [3.63, 3.8) is 0 Å². The Balaban J connectivity index is 2.00. The third kappa shape index (κ3) is 3.96. The quantitative estimate of drug-likeness (QED) is 0.869. The number of nitrogens with zero attached hydrogens (tertiary/aromatic N) is 1. The van der Waals surface area contributed by atoms with Gasteiger partial charge in [-0.15, -0.1) is 0 Å². The number of anilines is 2. The van der Waals surface area contributed by atoms with Crippen molar-refractivity contribution in [2.75, 3.05) is 29.5 Å². The van der Waals surface area contributed by atoms with Gasteiger partial charge in [-0.25, -0.2) is 13.8 Å². The molecule has 1 aliphatic heterocycles. The van der Waals surface area contributed by atoms with E-state index in [0.29, 0.717) is 18.3 Å². The van der Waals surface area contributed by atoms with Crippen LogP contribution in [-0.4, -0.2) is 29.1 Å². The zero-order valence-electron chi connectivity index (χ0n) is 11.0. The van der Waals surface area contributed by atoms with Gasteiger partial charge in [0.15, 0.2) is 23.3 Å². The van der Waals surface area contributed by atoms with Crippen molar-refractivity contribution in [1.29, 1.82) is 0 Å². The van der Waals surface area contributed by atoms with Crippen LogP contribution in [0.15, 0.2) is 6.07 Å². The van der Waals surface area contributed by atoms with E-state index in [1.165, 1.54) is 12.8 Å². The molecule has 2 rings (SSSR count). The van der Waals surface area contributed by atoms with E-state index in [2.05, 4.69) is 15.6 Å². The summed E-state index contributed by atoms with van der Waals surface area (Å²) in [6.07, 6.45) is 3.62. The molecule has 0 aromatic carbocycles. The molecule has 1 unspecified atom stereocenters. The fraction of sp³-hybridized carbons (Fsp3) is 0.615. The molecule has 1 atom stereocenters. The second-order valence-corrected chi connectivity index (χ2v) is 5.96. The first-order valence-electron chi connectivity index (χ1n) is 6.66. The summed E-state index contributed by atoms with van der Waals surface area (Å²) in [4.78, 5) is 3.96. The first-order chi connectivity index (χ1) is 9.20. The van der Waals surface area contributed by atoms with Crippen molar-refractivity contribution in [3.8, 4) is 0 Å². The van der Waals surface area contributed by atoms with E-state index in [1.54, 1.807) is 0 Å². The largest absolute Gasteiger partial charge is 0.368 e. The summed E-state index contributed by atoms with van der Waals surface area (Å²) in [6.45, 7) is 3.06. The first-order valence-corrected chi connectivity index (χ1v) is 7.71. The number of nitrogens with one attached hydrogen (secondary N) is 2. The second kappa shape index (κ2) is 6.93. The molecule has 3 nitrogen and oxygen atoms in total. The van der Waals surface area contributed by atoms with Crippen molar-refractivity contribution in [2.45, 2.75) is 31.4 Å². The lowest BCUT2D eigenvalue weighted by Crippen LogP contribution is -2.21. The topological polar surface area (TPSA) is 37.0 Å². The molecule has 1 saturated heterocycles. The molecule has 2 N–H and O–H groups in total. The number of halogens is 2. The van der Waals surface area contributed by atoms with E-state index in [0.717, 1.165) is 18.2 Å². The van der Waals surface area contributed by atoms with Crippen molar-refractivity contribution in [2.24, 2.45) is 0 Å². The highest BCUT2D eigenvalue weighted by molar-refractivity contribution is 7.99. The second-order valence-electron chi connectivity index (χ2n) is 4.55. The Morgan fingerprint density at radius 1 is 1.26 bits per heavy atom. The van der Waals surface area contributed by atoms with Crippen LogP contribution >= 0.6 is 11.8 Å². The van der Waals surface area contributed by atoms with Gasteiger partial charge in [0.05, 0.1) is 0 Å². The molecule has 1 fully saturated rings. The van der Waals surface area contributed by atoms with E-state index in [9.17, 15) is 8.78 Å². The van der Waals surface area contributed by atoms with Gasteiger partial charge < -0.3 is 10.6 Å². The maximum absolute atomic E-state index is 13.6. The molecule has 1 aromatic rings. The van der Waals surface area contributed by atoms with Gasteiger partial charge >= 0.3 is 0 Å². The number of thioether (sulfide) groups is 1. The number of aromatic nitrogens is 1. The van der Waals surface area contributed by atoms with Gasteiger partial charge in [-0.2, -0.15) is 11.8 Å². The number of hydrogen-bond donors (Lipinski definition) is 2. The smallest absolute Gasteiger partial charge is 0.168 e. The fourth-order valence-electron chi connectivity index (χ4n) is 2.06. The third-order valence-electron chi connectivity index (χ3n) is 3.04. The van der Waals surface area contributed by atoms with Crippen LogP contribution in [0, 0.1) is 11.6 Å². The van der Waals surface area contributed by atoms with Gasteiger partial charge in [0, 0.05) is 24.4 Å². The molecule has 0 spiro atoms. The Bertz CT molecular complexity index is 423. The van der Waals surface area contributed by atoms with Crippen molar-refractivity contribution < 1.29 is 8.78 Å². The Hall–Kier alpha value is -1.04. The SMILES string of the molecule is CCNc1nc(NCC2CCCCS2)c(F)cc1F. The Labute approximate surface area is 116 Å². The third-order valence-corrected chi connectivity index (χ3v) is 4.44.